The van der Waals surface area contributed by atoms with Gasteiger partial charge in [0.25, 0.3) is 0 Å². The van der Waals surface area contributed by atoms with E-state index in [0.29, 0.717) is 0 Å². The first-order valence-corrected chi connectivity index (χ1v) is 5.21. The first-order valence-electron chi connectivity index (χ1n) is 5.21. The van der Waals surface area contributed by atoms with Gasteiger partial charge in [0.15, 0.2) is 0 Å². The third-order valence-electron chi connectivity index (χ3n) is 3.18. The van der Waals surface area contributed by atoms with Crippen LogP contribution in [0.5, 0.6) is 0 Å². The summed E-state index contributed by atoms with van der Waals surface area (Å²) < 4.78 is 0. The molecule has 1 aromatic rings. The maximum atomic E-state index is 11.8. The summed E-state index contributed by atoms with van der Waals surface area (Å²) in [7, 11) is 0. The summed E-state index contributed by atoms with van der Waals surface area (Å²) in [5.41, 5.74) is 9.23. The van der Waals surface area contributed by atoms with Gasteiger partial charge in [0, 0.05) is 5.69 Å². The molecule has 15 heavy (non-hydrogen) atoms. The zero-order valence-electron chi connectivity index (χ0n) is 9.35. The van der Waals surface area contributed by atoms with Crippen LogP contribution in [0, 0.1) is 0 Å². The minimum atomic E-state index is -0.438. The average molecular weight is 204 g/mol. The number of carbonyl (C=O) groups excluding carboxylic acids is 1. The normalized spacial score (nSPS) is 17.4. The van der Waals surface area contributed by atoms with Crippen LogP contribution in [0.4, 0.5) is 11.4 Å². The smallest absolute Gasteiger partial charge is 0.234 e. The number of rotatable bonds is 1. The molecule has 80 valence electrons. The molecule has 2 rings (SSSR count). The molecule has 1 heterocycles. The predicted molar refractivity (Wildman–Crippen MR) is 61.9 cm³/mol. The number of carbonyl (C=O) groups is 1. The van der Waals surface area contributed by atoms with Gasteiger partial charge in [-0.3, -0.25) is 4.79 Å². The zero-order chi connectivity index (χ0) is 11.2. The van der Waals surface area contributed by atoms with Crippen molar-refractivity contribution in [3.8, 4) is 0 Å². The van der Waals surface area contributed by atoms with Gasteiger partial charge in [-0.1, -0.05) is 13.0 Å². The van der Waals surface area contributed by atoms with E-state index in [0.717, 1.165) is 28.9 Å². The summed E-state index contributed by atoms with van der Waals surface area (Å²) in [5, 5.41) is 2.93. The first-order chi connectivity index (χ1) is 6.98. The van der Waals surface area contributed by atoms with E-state index in [1.54, 1.807) is 0 Å². The van der Waals surface area contributed by atoms with Gasteiger partial charge in [-0.2, -0.15) is 0 Å². The maximum absolute atomic E-state index is 11.8. The fourth-order valence-corrected chi connectivity index (χ4v) is 2.10. The molecule has 3 heteroatoms. The second kappa shape index (κ2) is 2.99. The molecule has 0 spiro atoms. The Kier molecular flexibility index (Phi) is 2.00. The molecule has 3 N–H and O–H groups in total. The number of anilines is 2. The molecule has 1 aliphatic heterocycles. The van der Waals surface area contributed by atoms with Crippen LogP contribution in [0.3, 0.4) is 0 Å². The van der Waals surface area contributed by atoms with Gasteiger partial charge < -0.3 is 11.1 Å². The lowest BCUT2D eigenvalue weighted by Gasteiger charge is -2.15. The molecule has 1 aromatic carbocycles. The number of nitrogens with one attached hydrogen (secondary N) is 1. The number of nitrogen functional groups attached to an aromatic ring is 1. The monoisotopic (exact) mass is 204 g/mol. The number of fused-ring (bicyclic) bond motifs is 1. The number of hydrogen-bond donors (Lipinski definition) is 2. The van der Waals surface area contributed by atoms with Gasteiger partial charge in [-0.15, -0.1) is 0 Å². The van der Waals surface area contributed by atoms with Crippen LogP contribution in [0.15, 0.2) is 12.1 Å². The summed E-state index contributed by atoms with van der Waals surface area (Å²) in [6.07, 6.45) is 0.839. The van der Waals surface area contributed by atoms with Crippen molar-refractivity contribution in [2.24, 2.45) is 0 Å². The van der Waals surface area contributed by atoms with Crippen LogP contribution in [0.25, 0.3) is 0 Å². The Morgan fingerprint density at radius 2 is 2.07 bits per heavy atom. The summed E-state index contributed by atoms with van der Waals surface area (Å²) in [4.78, 5) is 11.8. The SMILES string of the molecule is CCc1c(N)ccc2c1NC(=O)C2(C)C. The molecular formula is C12H16N2O. The van der Waals surface area contributed by atoms with Crippen molar-refractivity contribution in [2.45, 2.75) is 32.6 Å². The highest BCUT2D eigenvalue weighted by molar-refractivity contribution is 6.07. The molecule has 0 radical (unpaired) electrons. The topological polar surface area (TPSA) is 55.1 Å². The predicted octanol–water partition coefficient (Wildman–Crippen LogP) is 2.06. The molecular weight excluding hydrogens is 188 g/mol. The molecule has 0 fully saturated rings. The molecule has 0 aliphatic carbocycles. The number of hydrogen-bond acceptors (Lipinski definition) is 2. The molecule has 0 bridgehead atoms. The minimum absolute atomic E-state index is 0.0535. The molecule has 3 nitrogen and oxygen atoms in total. The Bertz CT molecular complexity index is 435. The summed E-state index contributed by atoms with van der Waals surface area (Å²) in [6.45, 7) is 5.91. The van der Waals surface area contributed by atoms with Crippen LogP contribution in [-0.4, -0.2) is 5.91 Å². The quantitative estimate of drug-likeness (QED) is 0.688. The van der Waals surface area contributed by atoms with Gasteiger partial charge in [0.05, 0.1) is 11.1 Å². The standard InChI is InChI=1S/C12H16N2O/c1-4-7-9(13)6-5-8-10(7)14-11(15)12(8,2)3/h5-6H,4,13H2,1-3H3,(H,14,15). The van der Waals surface area contributed by atoms with Crippen LogP contribution < -0.4 is 11.1 Å². The Morgan fingerprint density at radius 3 is 2.67 bits per heavy atom. The Morgan fingerprint density at radius 1 is 1.40 bits per heavy atom. The zero-order valence-corrected chi connectivity index (χ0v) is 9.35. The van der Waals surface area contributed by atoms with E-state index in [1.807, 2.05) is 32.9 Å². The van der Waals surface area contributed by atoms with E-state index in [1.165, 1.54) is 0 Å². The largest absolute Gasteiger partial charge is 0.398 e. The molecule has 1 amide bonds. The minimum Gasteiger partial charge on any atom is -0.398 e. The van der Waals surface area contributed by atoms with E-state index >= 15 is 0 Å². The fourth-order valence-electron chi connectivity index (χ4n) is 2.10. The van der Waals surface area contributed by atoms with Crippen LogP contribution in [0.1, 0.15) is 31.9 Å². The van der Waals surface area contributed by atoms with Gasteiger partial charge in [-0.05, 0) is 37.5 Å². The van der Waals surface area contributed by atoms with Gasteiger partial charge in [-0.25, -0.2) is 0 Å². The van der Waals surface area contributed by atoms with Crippen molar-refractivity contribution in [1.82, 2.24) is 0 Å². The second-order valence-electron chi connectivity index (χ2n) is 4.49. The Labute approximate surface area is 89.7 Å². The lowest BCUT2D eigenvalue weighted by Crippen LogP contribution is -2.26. The summed E-state index contributed by atoms with van der Waals surface area (Å²) in [5.74, 6) is 0.0535. The van der Waals surface area contributed by atoms with Crippen LogP contribution in [0.2, 0.25) is 0 Å². The van der Waals surface area contributed by atoms with Crippen LogP contribution in [-0.2, 0) is 16.6 Å². The lowest BCUT2D eigenvalue weighted by molar-refractivity contribution is -0.119. The van der Waals surface area contributed by atoms with E-state index in [9.17, 15) is 4.79 Å². The number of nitrogens with two attached hydrogens (primary N) is 1. The van der Waals surface area contributed by atoms with Crippen molar-refractivity contribution in [3.63, 3.8) is 0 Å². The molecule has 0 saturated heterocycles. The average Bonchev–Trinajstić information content (AvgIpc) is 2.38. The van der Waals surface area contributed by atoms with Gasteiger partial charge >= 0.3 is 0 Å². The molecule has 1 aliphatic rings. The maximum Gasteiger partial charge on any atom is 0.234 e. The van der Waals surface area contributed by atoms with Gasteiger partial charge in [0.2, 0.25) is 5.91 Å². The fraction of sp³-hybridized carbons (Fsp3) is 0.417. The Balaban J connectivity index is 2.68. The molecule has 0 unspecified atom stereocenters. The summed E-state index contributed by atoms with van der Waals surface area (Å²) >= 11 is 0. The molecule has 0 saturated carbocycles. The summed E-state index contributed by atoms with van der Waals surface area (Å²) in [6, 6.07) is 3.83. The van der Waals surface area contributed by atoms with Crippen molar-refractivity contribution < 1.29 is 4.79 Å². The van der Waals surface area contributed by atoms with E-state index in [2.05, 4.69) is 5.32 Å². The first kappa shape index (κ1) is 10.0. The molecule has 0 aromatic heterocycles. The van der Waals surface area contributed by atoms with Crippen molar-refractivity contribution >= 4 is 17.3 Å². The number of benzene rings is 1. The second-order valence-corrected chi connectivity index (χ2v) is 4.49. The van der Waals surface area contributed by atoms with E-state index in [4.69, 9.17) is 5.73 Å². The van der Waals surface area contributed by atoms with Crippen molar-refractivity contribution in [1.29, 1.82) is 0 Å². The van der Waals surface area contributed by atoms with E-state index in [-0.39, 0.29) is 5.91 Å². The number of amides is 1. The highest BCUT2D eigenvalue weighted by atomic mass is 16.2. The third kappa shape index (κ3) is 1.23. The van der Waals surface area contributed by atoms with Crippen LogP contribution >= 0.6 is 0 Å². The van der Waals surface area contributed by atoms with Gasteiger partial charge in [0.1, 0.15) is 0 Å². The van der Waals surface area contributed by atoms with Crippen molar-refractivity contribution in [2.75, 3.05) is 11.1 Å². The lowest BCUT2D eigenvalue weighted by atomic mass is 9.85. The third-order valence-corrected chi connectivity index (χ3v) is 3.18. The highest BCUT2D eigenvalue weighted by Gasteiger charge is 2.39. The molecule has 0 atom stereocenters. The van der Waals surface area contributed by atoms with Crippen molar-refractivity contribution in [3.05, 3.63) is 23.3 Å². The highest BCUT2D eigenvalue weighted by Crippen LogP contribution is 2.41. The Hall–Kier alpha value is -1.51. The van der Waals surface area contributed by atoms with E-state index < -0.39 is 5.41 Å².